The van der Waals surface area contributed by atoms with E-state index in [4.69, 9.17) is 9.15 Å². The number of aromatic nitrogens is 1. The van der Waals surface area contributed by atoms with Gasteiger partial charge in [0, 0.05) is 6.04 Å². The van der Waals surface area contributed by atoms with Crippen LogP contribution in [0.15, 0.2) is 27.4 Å². The molecule has 112 valence electrons. The normalized spacial score (nSPS) is 16.2. The average Bonchev–Trinajstić information content (AvgIpc) is 2.84. The minimum Gasteiger partial charge on any atom is -0.462 e. The Morgan fingerprint density at radius 3 is 2.90 bits per heavy atom. The van der Waals surface area contributed by atoms with Crippen LogP contribution in [0.3, 0.4) is 0 Å². The Balaban J connectivity index is 2.10. The van der Waals surface area contributed by atoms with Gasteiger partial charge in [-0.25, -0.2) is 9.59 Å². The first kappa shape index (κ1) is 13.9. The lowest BCUT2D eigenvalue weighted by Crippen LogP contribution is -2.32. The molecule has 21 heavy (non-hydrogen) atoms. The largest absolute Gasteiger partial charge is 0.462 e. The van der Waals surface area contributed by atoms with E-state index in [1.165, 1.54) is 0 Å². The molecule has 0 spiro atoms. The van der Waals surface area contributed by atoms with Gasteiger partial charge in [0.15, 0.2) is 5.58 Å². The molecule has 1 aliphatic heterocycles. The Labute approximate surface area is 121 Å². The molecule has 6 nitrogen and oxygen atoms in total. The first-order valence-electron chi connectivity index (χ1n) is 7.24. The lowest BCUT2D eigenvalue weighted by molar-refractivity contribution is 0.0527. The van der Waals surface area contributed by atoms with Gasteiger partial charge in [-0.3, -0.25) is 4.57 Å². The number of rotatable bonds is 3. The van der Waals surface area contributed by atoms with E-state index in [9.17, 15) is 9.59 Å². The molecule has 0 amide bonds. The van der Waals surface area contributed by atoms with Crippen LogP contribution in [0.2, 0.25) is 0 Å². The molecule has 1 aliphatic rings. The number of benzene rings is 1. The Bertz CT molecular complexity index is 710. The van der Waals surface area contributed by atoms with E-state index in [1.54, 1.807) is 23.6 Å². The smallest absolute Gasteiger partial charge is 0.420 e. The number of nitrogens with one attached hydrogen (secondary N) is 1. The standard InChI is InChI=1S/C15H18N2O4/c1-2-20-14(18)11-4-3-5-12-13(11)21-15(19)17(12)10-6-8-16-9-7-10/h3-5,10,16H,2,6-9H2,1H3. The number of carbonyl (C=O) groups is 1. The fourth-order valence-electron chi connectivity index (χ4n) is 2.84. The number of piperidine rings is 1. The lowest BCUT2D eigenvalue weighted by atomic mass is 10.1. The number of esters is 1. The molecule has 3 rings (SSSR count). The summed E-state index contributed by atoms with van der Waals surface area (Å²) >= 11 is 0. The quantitative estimate of drug-likeness (QED) is 0.871. The summed E-state index contributed by atoms with van der Waals surface area (Å²) in [6.07, 6.45) is 1.75. The number of hydrogen-bond acceptors (Lipinski definition) is 5. The van der Waals surface area contributed by atoms with Crippen molar-refractivity contribution in [3.05, 3.63) is 34.3 Å². The van der Waals surface area contributed by atoms with Gasteiger partial charge < -0.3 is 14.5 Å². The van der Waals surface area contributed by atoms with Crippen LogP contribution < -0.4 is 11.1 Å². The molecule has 1 aromatic heterocycles. The molecule has 0 atom stereocenters. The summed E-state index contributed by atoms with van der Waals surface area (Å²) in [4.78, 5) is 24.1. The molecule has 0 aliphatic carbocycles. The maximum atomic E-state index is 12.2. The second-order valence-electron chi connectivity index (χ2n) is 5.09. The van der Waals surface area contributed by atoms with E-state index in [1.807, 2.05) is 6.07 Å². The number of oxazole rings is 1. The van der Waals surface area contributed by atoms with Crippen molar-refractivity contribution in [2.24, 2.45) is 0 Å². The zero-order valence-electron chi connectivity index (χ0n) is 11.9. The van der Waals surface area contributed by atoms with E-state index < -0.39 is 11.7 Å². The maximum absolute atomic E-state index is 12.2. The third kappa shape index (κ3) is 2.47. The van der Waals surface area contributed by atoms with Gasteiger partial charge in [-0.2, -0.15) is 0 Å². The second-order valence-corrected chi connectivity index (χ2v) is 5.09. The third-order valence-electron chi connectivity index (χ3n) is 3.81. The number of hydrogen-bond donors (Lipinski definition) is 1. The molecule has 6 heteroatoms. The van der Waals surface area contributed by atoms with Crippen molar-refractivity contribution in [3.8, 4) is 0 Å². The monoisotopic (exact) mass is 290 g/mol. The van der Waals surface area contributed by atoms with Crippen LogP contribution in [0, 0.1) is 0 Å². The Morgan fingerprint density at radius 1 is 1.43 bits per heavy atom. The Hall–Kier alpha value is -2.08. The first-order valence-corrected chi connectivity index (χ1v) is 7.24. The van der Waals surface area contributed by atoms with Crippen LogP contribution in [0.25, 0.3) is 11.1 Å². The highest BCUT2D eigenvalue weighted by atomic mass is 16.5. The van der Waals surface area contributed by atoms with Gasteiger partial charge in [-0.1, -0.05) is 6.07 Å². The fourth-order valence-corrected chi connectivity index (χ4v) is 2.84. The highest BCUT2D eigenvalue weighted by Crippen LogP contribution is 2.25. The molecule has 1 N–H and O–H groups in total. The fraction of sp³-hybridized carbons (Fsp3) is 0.467. The molecule has 0 bridgehead atoms. The summed E-state index contributed by atoms with van der Waals surface area (Å²) in [6, 6.07) is 5.29. The van der Waals surface area contributed by atoms with Crippen molar-refractivity contribution in [1.29, 1.82) is 0 Å². The SMILES string of the molecule is CCOC(=O)c1cccc2c1oc(=O)n2C1CCNCC1. The molecule has 1 aromatic carbocycles. The summed E-state index contributed by atoms with van der Waals surface area (Å²) < 4.78 is 12.0. The summed E-state index contributed by atoms with van der Waals surface area (Å²) in [7, 11) is 0. The van der Waals surface area contributed by atoms with Gasteiger partial charge in [0.25, 0.3) is 0 Å². The number of para-hydroxylation sites is 1. The molecule has 2 heterocycles. The number of ether oxygens (including phenoxy) is 1. The Morgan fingerprint density at radius 2 is 2.19 bits per heavy atom. The Kier molecular flexibility index (Phi) is 3.79. The van der Waals surface area contributed by atoms with Crippen molar-refractivity contribution in [2.45, 2.75) is 25.8 Å². The van der Waals surface area contributed by atoms with E-state index in [2.05, 4.69) is 5.32 Å². The predicted octanol–water partition coefficient (Wildman–Crippen LogP) is 1.70. The molecular formula is C15H18N2O4. The van der Waals surface area contributed by atoms with Crippen molar-refractivity contribution in [1.82, 2.24) is 9.88 Å². The van der Waals surface area contributed by atoms with Crippen molar-refractivity contribution in [3.63, 3.8) is 0 Å². The van der Waals surface area contributed by atoms with Gasteiger partial charge >= 0.3 is 11.7 Å². The minimum absolute atomic E-state index is 0.109. The summed E-state index contributed by atoms with van der Waals surface area (Å²) in [5, 5.41) is 3.27. The molecule has 1 fully saturated rings. The third-order valence-corrected chi connectivity index (χ3v) is 3.81. The highest BCUT2D eigenvalue weighted by molar-refractivity contribution is 6.01. The van der Waals surface area contributed by atoms with E-state index in [0.29, 0.717) is 16.7 Å². The maximum Gasteiger partial charge on any atom is 0.420 e. The summed E-state index contributed by atoms with van der Waals surface area (Å²) in [5.41, 5.74) is 1.29. The van der Waals surface area contributed by atoms with Gasteiger partial charge in [0.1, 0.15) is 5.56 Å². The molecule has 2 aromatic rings. The lowest BCUT2D eigenvalue weighted by Gasteiger charge is -2.23. The van der Waals surface area contributed by atoms with E-state index in [-0.39, 0.29) is 12.6 Å². The number of carbonyl (C=O) groups excluding carboxylic acids is 1. The summed E-state index contributed by atoms with van der Waals surface area (Å²) in [6.45, 7) is 3.78. The molecule has 0 unspecified atom stereocenters. The van der Waals surface area contributed by atoms with Crippen LogP contribution in [0.5, 0.6) is 0 Å². The van der Waals surface area contributed by atoms with Gasteiger partial charge in [0.05, 0.1) is 12.1 Å². The zero-order valence-corrected chi connectivity index (χ0v) is 11.9. The molecular weight excluding hydrogens is 272 g/mol. The average molecular weight is 290 g/mol. The van der Waals surface area contributed by atoms with Gasteiger partial charge in [-0.15, -0.1) is 0 Å². The minimum atomic E-state index is -0.464. The van der Waals surface area contributed by atoms with Crippen LogP contribution >= 0.6 is 0 Å². The molecule has 0 saturated carbocycles. The van der Waals surface area contributed by atoms with Gasteiger partial charge in [-0.05, 0) is 45.0 Å². The number of nitrogens with zero attached hydrogens (tertiary/aromatic N) is 1. The van der Waals surface area contributed by atoms with E-state index in [0.717, 1.165) is 25.9 Å². The highest BCUT2D eigenvalue weighted by Gasteiger charge is 2.23. The van der Waals surface area contributed by atoms with Crippen molar-refractivity contribution < 1.29 is 13.9 Å². The van der Waals surface area contributed by atoms with E-state index >= 15 is 0 Å². The molecule has 0 radical (unpaired) electrons. The van der Waals surface area contributed by atoms with Gasteiger partial charge in [0.2, 0.25) is 0 Å². The summed E-state index contributed by atoms with van der Waals surface area (Å²) in [5.74, 6) is -0.872. The topological polar surface area (TPSA) is 73.5 Å². The van der Waals surface area contributed by atoms with Crippen LogP contribution in [0.4, 0.5) is 0 Å². The van der Waals surface area contributed by atoms with Crippen LogP contribution in [0.1, 0.15) is 36.2 Å². The van der Waals surface area contributed by atoms with Crippen molar-refractivity contribution >= 4 is 17.1 Å². The van der Waals surface area contributed by atoms with Crippen molar-refractivity contribution in [2.75, 3.05) is 19.7 Å². The molecule has 1 saturated heterocycles. The number of fused-ring (bicyclic) bond motifs is 1. The second kappa shape index (κ2) is 5.73. The zero-order chi connectivity index (χ0) is 14.8. The van der Waals surface area contributed by atoms with Crippen LogP contribution in [-0.4, -0.2) is 30.2 Å². The first-order chi connectivity index (χ1) is 10.2. The predicted molar refractivity (Wildman–Crippen MR) is 77.6 cm³/mol. The van der Waals surface area contributed by atoms with Crippen LogP contribution in [-0.2, 0) is 4.74 Å².